The molecule has 2 fully saturated rings. The zero-order chi connectivity index (χ0) is 25.1. The summed E-state index contributed by atoms with van der Waals surface area (Å²) >= 11 is 12.8. The van der Waals surface area contributed by atoms with E-state index in [1.807, 2.05) is 39.9 Å². The number of nitrogens with zero attached hydrogens (tertiary/aromatic N) is 4. The lowest BCUT2D eigenvalue weighted by Crippen LogP contribution is -2.48. The van der Waals surface area contributed by atoms with Crippen LogP contribution in [0.2, 0.25) is 10.0 Å². The maximum absolute atomic E-state index is 11.6. The van der Waals surface area contributed by atoms with Crippen LogP contribution < -0.4 is 9.64 Å². The lowest BCUT2D eigenvalue weighted by atomic mass is 9.87. The van der Waals surface area contributed by atoms with E-state index in [1.165, 1.54) is 0 Å². The summed E-state index contributed by atoms with van der Waals surface area (Å²) in [5, 5.41) is 1.20. The Hall–Kier alpha value is -2.74. The molecule has 7 nitrogen and oxygen atoms in total. The average molecular weight is 529 g/mol. The van der Waals surface area contributed by atoms with Gasteiger partial charge in [-0.3, -0.25) is 4.79 Å². The Morgan fingerprint density at radius 2 is 1.92 bits per heavy atom. The van der Waals surface area contributed by atoms with Crippen molar-refractivity contribution in [1.29, 1.82) is 0 Å². The molecule has 2 aromatic carbocycles. The number of hydrogen-bond acceptors (Lipinski definition) is 5. The minimum atomic E-state index is -0.581. The second-order valence-corrected chi connectivity index (χ2v) is 10.4. The van der Waals surface area contributed by atoms with E-state index in [0.717, 1.165) is 49.6 Å². The fraction of sp³-hybridized carbons (Fsp3) is 0.407. The Kier molecular flexibility index (Phi) is 7.42. The molecule has 0 radical (unpaired) electrons. The maximum atomic E-state index is 11.6. The third kappa shape index (κ3) is 5.48. The molecule has 0 saturated carbocycles. The summed E-state index contributed by atoms with van der Waals surface area (Å²) in [6.45, 7) is 6.55. The number of carbonyl (C=O) groups is 1. The first-order chi connectivity index (χ1) is 17.4. The molecule has 3 aromatic rings. The predicted molar refractivity (Wildman–Crippen MR) is 141 cm³/mol. The summed E-state index contributed by atoms with van der Waals surface area (Å²) in [6.07, 6.45) is 6.26. The summed E-state index contributed by atoms with van der Waals surface area (Å²) in [4.78, 5) is 19.9. The van der Waals surface area contributed by atoms with Gasteiger partial charge in [-0.15, -0.1) is 0 Å². The molecule has 2 atom stereocenters. The van der Waals surface area contributed by atoms with Crippen LogP contribution in [0.3, 0.4) is 0 Å². The quantitative estimate of drug-likeness (QED) is 0.437. The Balaban J connectivity index is 1.22. The Labute approximate surface area is 221 Å². The van der Waals surface area contributed by atoms with Gasteiger partial charge in [0.1, 0.15) is 11.4 Å². The number of carbonyl (C=O) groups excluding carboxylic acids is 1. The van der Waals surface area contributed by atoms with Crippen molar-refractivity contribution in [2.45, 2.75) is 25.5 Å². The number of ether oxygens (including phenoxy) is 2. The Morgan fingerprint density at radius 3 is 2.58 bits per heavy atom. The average Bonchev–Trinajstić information content (AvgIpc) is 3.54. The van der Waals surface area contributed by atoms with Crippen LogP contribution in [0.5, 0.6) is 5.75 Å². The lowest BCUT2D eigenvalue weighted by molar-refractivity contribution is -0.129. The minimum Gasteiger partial charge on any atom is -0.493 e. The number of hydrogen-bond donors (Lipinski definition) is 0. The van der Waals surface area contributed by atoms with Gasteiger partial charge in [0.2, 0.25) is 5.91 Å². The molecular formula is C27H30Cl2N4O3. The zero-order valence-corrected chi connectivity index (χ0v) is 21.8. The topological polar surface area (TPSA) is 59.8 Å². The fourth-order valence-electron chi connectivity index (χ4n) is 5.13. The Morgan fingerprint density at radius 1 is 1.14 bits per heavy atom. The van der Waals surface area contributed by atoms with Gasteiger partial charge in [0.25, 0.3) is 0 Å². The van der Waals surface area contributed by atoms with Crippen molar-refractivity contribution >= 4 is 34.8 Å². The molecule has 190 valence electrons. The molecular weight excluding hydrogens is 499 g/mol. The van der Waals surface area contributed by atoms with Gasteiger partial charge < -0.3 is 23.8 Å². The standard InChI is InChI=1S/C27H30Cl2N4O3/c1-20(34)32-10-12-33(13-11-32)23-3-5-24(6-4-23)35-16-21-15-27(36-17-21,18-31-9-8-30-19-31)25-7-2-22(28)14-26(25)29/h2-9,14,19,21H,10-13,15-18H2,1H3. The van der Waals surface area contributed by atoms with Crippen LogP contribution in [-0.2, 0) is 21.7 Å². The fourth-order valence-corrected chi connectivity index (χ4v) is 5.71. The number of piperazine rings is 1. The molecule has 0 N–H and O–H groups in total. The highest BCUT2D eigenvalue weighted by Crippen LogP contribution is 2.44. The van der Waals surface area contributed by atoms with Gasteiger partial charge >= 0.3 is 0 Å². The second kappa shape index (κ2) is 10.7. The zero-order valence-electron chi connectivity index (χ0n) is 20.3. The third-order valence-electron chi connectivity index (χ3n) is 7.05. The molecule has 2 saturated heterocycles. The van der Waals surface area contributed by atoms with Gasteiger partial charge in [-0.2, -0.15) is 0 Å². The highest BCUT2D eigenvalue weighted by molar-refractivity contribution is 6.35. The van der Waals surface area contributed by atoms with E-state index < -0.39 is 5.60 Å². The molecule has 0 aliphatic carbocycles. The van der Waals surface area contributed by atoms with Gasteiger partial charge in [0, 0.05) is 72.7 Å². The van der Waals surface area contributed by atoms with E-state index in [-0.39, 0.29) is 11.8 Å². The minimum absolute atomic E-state index is 0.140. The molecule has 0 bridgehead atoms. The first-order valence-electron chi connectivity index (χ1n) is 12.2. The van der Waals surface area contributed by atoms with Crippen molar-refractivity contribution < 1.29 is 14.3 Å². The number of anilines is 1. The summed E-state index contributed by atoms with van der Waals surface area (Å²) in [5.41, 5.74) is 1.49. The second-order valence-electron chi connectivity index (χ2n) is 9.53. The van der Waals surface area contributed by atoms with E-state index in [9.17, 15) is 4.79 Å². The van der Waals surface area contributed by atoms with Crippen LogP contribution in [0, 0.1) is 5.92 Å². The van der Waals surface area contributed by atoms with Gasteiger partial charge in [0.15, 0.2) is 0 Å². The van der Waals surface area contributed by atoms with Crippen LogP contribution in [0.15, 0.2) is 61.2 Å². The molecule has 36 heavy (non-hydrogen) atoms. The molecule has 3 heterocycles. The van der Waals surface area contributed by atoms with Crippen LogP contribution in [0.4, 0.5) is 5.69 Å². The van der Waals surface area contributed by atoms with Crippen molar-refractivity contribution in [1.82, 2.24) is 14.5 Å². The number of halogens is 2. The van der Waals surface area contributed by atoms with E-state index in [1.54, 1.807) is 25.5 Å². The Bertz CT molecular complexity index is 1180. The highest BCUT2D eigenvalue weighted by atomic mass is 35.5. The van der Waals surface area contributed by atoms with Gasteiger partial charge in [0.05, 0.1) is 26.1 Å². The number of benzene rings is 2. The van der Waals surface area contributed by atoms with Gasteiger partial charge in [-0.25, -0.2) is 4.98 Å². The van der Waals surface area contributed by atoms with Crippen molar-refractivity contribution in [3.05, 3.63) is 76.8 Å². The molecule has 2 aliphatic heterocycles. The predicted octanol–water partition coefficient (Wildman–Crippen LogP) is 4.87. The first-order valence-corrected chi connectivity index (χ1v) is 13.0. The number of imidazole rings is 1. The largest absolute Gasteiger partial charge is 0.493 e. The molecule has 1 aromatic heterocycles. The van der Waals surface area contributed by atoms with E-state index in [4.69, 9.17) is 32.7 Å². The number of rotatable bonds is 7. The van der Waals surface area contributed by atoms with E-state index in [0.29, 0.717) is 29.8 Å². The third-order valence-corrected chi connectivity index (χ3v) is 7.59. The van der Waals surface area contributed by atoms with Gasteiger partial charge in [-0.05, 0) is 42.8 Å². The summed E-state index contributed by atoms with van der Waals surface area (Å²) in [6, 6.07) is 13.8. The molecule has 2 aliphatic rings. The van der Waals surface area contributed by atoms with Gasteiger partial charge in [-0.1, -0.05) is 29.3 Å². The summed E-state index contributed by atoms with van der Waals surface area (Å²) in [5.74, 6) is 1.18. The van der Waals surface area contributed by atoms with Crippen molar-refractivity contribution in [2.75, 3.05) is 44.3 Å². The van der Waals surface area contributed by atoms with E-state index in [2.05, 4.69) is 22.0 Å². The molecule has 9 heteroatoms. The molecule has 1 amide bonds. The molecule has 5 rings (SSSR count). The van der Waals surface area contributed by atoms with Crippen LogP contribution in [-0.4, -0.2) is 59.8 Å². The summed E-state index contributed by atoms with van der Waals surface area (Å²) in [7, 11) is 0. The molecule has 2 unspecified atom stereocenters. The SMILES string of the molecule is CC(=O)N1CCN(c2ccc(OCC3COC(Cn4ccnc4)(c4ccc(Cl)cc4Cl)C3)cc2)CC1. The lowest BCUT2D eigenvalue weighted by Gasteiger charge is -2.35. The van der Waals surface area contributed by atoms with Crippen LogP contribution >= 0.6 is 23.2 Å². The van der Waals surface area contributed by atoms with E-state index >= 15 is 0 Å². The maximum Gasteiger partial charge on any atom is 0.219 e. The van der Waals surface area contributed by atoms with Crippen molar-refractivity contribution in [3.63, 3.8) is 0 Å². The highest BCUT2D eigenvalue weighted by Gasteiger charge is 2.44. The first kappa shape index (κ1) is 24.9. The number of aromatic nitrogens is 2. The normalized spacial score (nSPS) is 22.1. The molecule has 0 spiro atoms. The van der Waals surface area contributed by atoms with Crippen LogP contribution in [0.1, 0.15) is 18.9 Å². The van der Waals surface area contributed by atoms with Crippen molar-refractivity contribution in [3.8, 4) is 5.75 Å². The smallest absolute Gasteiger partial charge is 0.219 e. The van der Waals surface area contributed by atoms with Crippen molar-refractivity contribution in [2.24, 2.45) is 5.92 Å². The number of amides is 1. The van der Waals surface area contributed by atoms with Crippen LogP contribution in [0.25, 0.3) is 0 Å². The monoisotopic (exact) mass is 528 g/mol. The summed E-state index contributed by atoms with van der Waals surface area (Å²) < 4.78 is 14.6.